The Hall–Kier alpha value is -1.40. The largest absolute Gasteiger partial charge is 0.383 e. The molecular formula is C18H27NO4S. The van der Waals surface area contributed by atoms with Gasteiger partial charge in [0.15, 0.2) is 9.84 Å². The van der Waals surface area contributed by atoms with Gasteiger partial charge in [0.25, 0.3) is 0 Å². The highest BCUT2D eigenvalue weighted by Crippen LogP contribution is 2.19. The summed E-state index contributed by atoms with van der Waals surface area (Å²) in [6.45, 7) is 2.99. The number of nitrogens with zero attached hydrogens (tertiary/aromatic N) is 1. The summed E-state index contributed by atoms with van der Waals surface area (Å²) in [4.78, 5) is 14.3. The molecule has 1 fully saturated rings. The van der Waals surface area contributed by atoms with Gasteiger partial charge in [0.1, 0.15) is 0 Å². The molecular weight excluding hydrogens is 326 g/mol. The van der Waals surface area contributed by atoms with Crippen LogP contribution in [0.4, 0.5) is 0 Å². The number of ether oxygens (including phenoxy) is 1. The van der Waals surface area contributed by atoms with Crippen LogP contribution in [0, 0.1) is 0 Å². The maximum absolute atomic E-state index is 12.6. The van der Waals surface area contributed by atoms with Gasteiger partial charge in [0.05, 0.1) is 18.1 Å². The highest BCUT2D eigenvalue weighted by Gasteiger charge is 2.34. The Balaban J connectivity index is 1.96. The lowest BCUT2D eigenvalue weighted by molar-refractivity contribution is -0.133. The Kier molecular flexibility index (Phi) is 6.80. The monoisotopic (exact) mass is 353 g/mol. The molecule has 1 aromatic carbocycles. The summed E-state index contributed by atoms with van der Waals surface area (Å²) < 4.78 is 28.5. The molecule has 134 valence electrons. The van der Waals surface area contributed by atoms with E-state index < -0.39 is 9.84 Å². The van der Waals surface area contributed by atoms with Gasteiger partial charge in [-0.1, -0.05) is 31.2 Å². The van der Waals surface area contributed by atoms with E-state index in [9.17, 15) is 13.2 Å². The Morgan fingerprint density at radius 1 is 1.25 bits per heavy atom. The van der Waals surface area contributed by atoms with Crippen LogP contribution in [0.1, 0.15) is 30.9 Å². The molecule has 0 aromatic heterocycles. The molecule has 1 aromatic rings. The number of rotatable bonds is 8. The molecule has 1 aliphatic rings. The van der Waals surface area contributed by atoms with E-state index in [1.807, 2.05) is 0 Å². The van der Waals surface area contributed by atoms with Crippen LogP contribution in [0.2, 0.25) is 0 Å². The molecule has 0 spiro atoms. The van der Waals surface area contributed by atoms with Gasteiger partial charge >= 0.3 is 0 Å². The zero-order chi connectivity index (χ0) is 17.6. The zero-order valence-electron chi connectivity index (χ0n) is 14.5. The Morgan fingerprint density at radius 3 is 2.46 bits per heavy atom. The second kappa shape index (κ2) is 8.62. The van der Waals surface area contributed by atoms with E-state index in [0.29, 0.717) is 32.4 Å². The van der Waals surface area contributed by atoms with Crippen LogP contribution in [-0.4, -0.2) is 57.0 Å². The zero-order valence-corrected chi connectivity index (χ0v) is 15.3. The summed E-state index contributed by atoms with van der Waals surface area (Å²) in [5.74, 6) is 0.259. The van der Waals surface area contributed by atoms with Gasteiger partial charge in [0.2, 0.25) is 5.91 Å². The Bertz CT molecular complexity index is 639. The average Bonchev–Trinajstić information content (AvgIpc) is 2.93. The molecule has 1 amide bonds. The minimum atomic E-state index is -3.01. The maximum atomic E-state index is 12.6. The van der Waals surface area contributed by atoms with Gasteiger partial charge < -0.3 is 9.64 Å². The van der Waals surface area contributed by atoms with Crippen LogP contribution in [0.3, 0.4) is 0 Å². The number of aryl methyl sites for hydroxylation is 2. The molecule has 1 aliphatic heterocycles. The lowest BCUT2D eigenvalue weighted by atomic mass is 10.1. The van der Waals surface area contributed by atoms with Crippen LogP contribution >= 0.6 is 0 Å². The summed E-state index contributed by atoms with van der Waals surface area (Å²) >= 11 is 0. The third-order valence-corrected chi connectivity index (χ3v) is 6.31. The van der Waals surface area contributed by atoms with E-state index in [1.165, 1.54) is 5.56 Å². The molecule has 2 rings (SSSR count). The van der Waals surface area contributed by atoms with E-state index in [0.717, 1.165) is 12.0 Å². The van der Waals surface area contributed by atoms with E-state index in [-0.39, 0.29) is 23.5 Å². The quantitative estimate of drug-likeness (QED) is 0.715. The number of carbonyl (C=O) groups is 1. The number of carbonyl (C=O) groups excluding carboxylic acids is 1. The third kappa shape index (κ3) is 5.31. The minimum absolute atomic E-state index is 0.00807. The minimum Gasteiger partial charge on any atom is -0.383 e. The number of amides is 1. The second-order valence-electron chi connectivity index (χ2n) is 6.31. The van der Waals surface area contributed by atoms with Crippen molar-refractivity contribution in [2.24, 2.45) is 0 Å². The van der Waals surface area contributed by atoms with Crippen LogP contribution in [0.5, 0.6) is 0 Å². The number of benzene rings is 1. The van der Waals surface area contributed by atoms with Crippen LogP contribution in [-0.2, 0) is 32.2 Å². The smallest absolute Gasteiger partial charge is 0.223 e. The standard InChI is InChI=1S/C18H27NO4S/c1-3-15-4-6-16(7-5-15)8-9-18(20)19(11-12-23-2)17-10-13-24(21,22)14-17/h4-7,17H,3,8-14H2,1-2H3. The second-order valence-corrected chi connectivity index (χ2v) is 8.54. The lowest BCUT2D eigenvalue weighted by Crippen LogP contribution is -2.43. The Labute approximate surface area is 144 Å². The first-order chi connectivity index (χ1) is 11.4. The first-order valence-electron chi connectivity index (χ1n) is 8.52. The third-order valence-electron chi connectivity index (χ3n) is 4.56. The van der Waals surface area contributed by atoms with Gasteiger partial charge in [0, 0.05) is 26.1 Å². The van der Waals surface area contributed by atoms with Crippen molar-refractivity contribution < 1.29 is 17.9 Å². The molecule has 5 nitrogen and oxygen atoms in total. The predicted octanol–water partition coefficient (Wildman–Crippen LogP) is 1.84. The molecule has 0 bridgehead atoms. The van der Waals surface area contributed by atoms with Crippen molar-refractivity contribution in [3.05, 3.63) is 35.4 Å². The van der Waals surface area contributed by atoms with Crippen molar-refractivity contribution in [3.8, 4) is 0 Å². The first-order valence-corrected chi connectivity index (χ1v) is 10.3. The molecule has 0 saturated carbocycles. The summed E-state index contributed by atoms with van der Waals surface area (Å²) in [5, 5.41) is 0. The first kappa shape index (κ1) is 18.9. The van der Waals surface area contributed by atoms with E-state index in [1.54, 1.807) is 12.0 Å². The fraction of sp³-hybridized carbons (Fsp3) is 0.611. The number of sulfone groups is 1. The lowest BCUT2D eigenvalue weighted by Gasteiger charge is -2.28. The van der Waals surface area contributed by atoms with Crippen molar-refractivity contribution in [1.29, 1.82) is 0 Å². The maximum Gasteiger partial charge on any atom is 0.223 e. The van der Waals surface area contributed by atoms with Crippen molar-refractivity contribution in [1.82, 2.24) is 4.90 Å². The van der Waals surface area contributed by atoms with Crippen molar-refractivity contribution in [2.45, 2.75) is 38.6 Å². The molecule has 1 heterocycles. The van der Waals surface area contributed by atoms with Crippen LogP contribution < -0.4 is 0 Å². The predicted molar refractivity (Wildman–Crippen MR) is 94.8 cm³/mol. The molecule has 0 radical (unpaired) electrons. The topological polar surface area (TPSA) is 63.7 Å². The molecule has 1 atom stereocenters. The average molecular weight is 353 g/mol. The van der Waals surface area contributed by atoms with Crippen molar-refractivity contribution in [2.75, 3.05) is 31.8 Å². The number of hydrogen-bond acceptors (Lipinski definition) is 4. The van der Waals surface area contributed by atoms with E-state index >= 15 is 0 Å². The van der Waals surface area contributed by atoms with Crippen LogP contribution in [0.25, 0.3) is 0 Å². The normalized spacial score (nSPS) is 19.3. The SMILES string of the molecule is CCc1ccc(CCC(=O)N(CCOC)C2CCS(=O)(=O)C2)cc1. The van der Waals surface area contributed by atoms with Gasteiger partial charge in [-0.2, -0.15) is 0 Å². The van der Waals surface area contributed by atoms with Crippen molar-refractivity contribution in [3.63, 3.8) is 0 Å². The van der Waals surface area contributed by atoms with Gasteiger partial charge in [-0.3, -0.25) is 4.79 Å². The summed E-state index contributed by atoms with van der Waals surface area (Å²) in [6.07, 6.45) is 2.60. The van der Waals surface area contributed by atoms with Gasteiger partial charge in [-0.15, -0.1) is 0 Å². The molecule has 24 heavy (non-hydrogen) atoms. The molecule has 6 heteroatoms. The Morgan fingerprint density at radius 2 is 1.92 bits per heavy atom. The fourth-order valence-electron chi connectivity index (χ4n) is 3.06. The molecule has 1 saturated heterocycles. The van der Waals surface area contributed by atoms with Gasteiger partial charge in [-0.25, -0.2) is 8.42 Å². The van der Waals surface area contributed by atoms with E-state index in [4.69, 9.17) is 4.74 Å². The molecule has 1 unspecified atom stereocenters. The summed E-state index contributed by atoms with van der Waals surface area (Å²) in [6, 6.07) is 8.09. The summed E-state index contributed by atoms with van der Waals surface area (Å²) in [7, 11) is -1.42. The summed E-state index contributed by atoms with van der Waals surface area (Å²) in [5.41, 5.74) is 2.41. The van der Waals surface area contributed by atoms with Crippen LogP contribution in [0.15, 0.2) is 24.3 Å². The highest BCUT2D eigenvalue weighted by atomic mass is 32.2. The number of hydrogen-bond donors (Lipinski definition) is 0. The number of methoxy groups -OCH3 is 1. The highest BCUT2D eigenvalue weighted by molar-refractivity contribution is 7.91. The molecule has 0 N–H and O–H groups in total. The molecule has 0 aliphatic carbocycles. The van der Waals surface area contributed by atoms with Gasteiger partial charge in [-0.05, 0) is 30.4 Å². The van der Waals surface area contributed by atoms with E-state index in [2.05, 4.69) is 31.2 Å². The fourth-order valence-corrected chi connectivity index (χ4v) is 4.79. The van der Waals surface area contributed by atoms with Crippen molar-refractivity contribution >= 4 is 15.7 Å².